The molecule has 4 aliphatic rings. The highest BCUT2D eigenvalue weighted by molar-refractivity contribution is 6.14. The Labute approximate surface area is 739 Å². The van der Waals surface area contributed by atoms with Gasteiger partial charge in [0.15, 0.2) is 0 Å². The minimum Gasteiger partial charge on any atom is -0.275 e. The third-order valence-corrected chi connectivity index (χ3v) is 31.1. The average molecular weight is 1680 g/mol. The van der Waals surface area contributed by atoms with E-state index in [1.54, 1.807) is 21.6 Å². The molecule has 12 heteroatoms. The molecule has 0 bridgehead atoms. The van der Waals surface area contributed by atoms with Gasteiger partial charge in [0.05, 0.1) is 27.1 Å². The van der Waals surface area contributed by atoms with E-state index in [2.05, 4.69) is 55.4 Å². The molecule has 0 N–H and O–H groups in total. The first-order valence-corrected chi connectivity index (χ1v) is 53.1. The Morgan fingerprint density at radius 1 is 0.256 bits per heavy atom. The molecule has 2 aliphatic carbocycles. The Morgan fingerprint density at radius 3 is 0.826 bits per heavy atom. The summed E-state index contributed by atoms with van der Waals surface area (Å²) in [5, 5.41) is 1.14. The van der Waals surface area contributed by atoms with Crippen LogP contribution in [0.5, 0.6) is 0 Å². The van der Waals surface area contributed by atoms with Gasteiger partial charge in [0.1, 0.15) is 0 Å². The summed E-state index contributed by atoms with van der Waals surface area (Å²) >= 11 is 0. The van der Waals surface area contributed by atoms with Gasteiger partial charge in [-0.25, -0.2) is 0 Å². The summed E-state index contributed by atoms with van der Waals surface area (Å²) in [6.07, 6.45) is 92.4. The number of imide groups is 2. The average Bonchev–Trinajstić information content (AvgIpc) is 1.57. The lowest BCUT2D eigenvalue weighted by atomic mass is 9.61. The van der Waals surface area contributed by atoms with Crippen molar-refractivity contribution in [3.8, 4) is 0 Å². The number of nitrogens with zero attached hydrogens (tertiary/aromatic N) is 4. The van der Waals surface area contributed by atoms with E-state index in [0.717, 1.165) is 195 Å². The fourth-order valence-electron chi connectivity index (χ4n) is 24.0. The maximum atomic E-state index is 15.1. The standard InChI is InChI=1S/C109H184N4O8/c1-9-16-22-28-40-53-67-92-89(64-50-26-20-13-5)72-74-91(94(92)69-55-42-32-36-47-61-84-110-100(114)75-76-101(110)115)66-52-39-31-35-46-60-83-109(79-15-7,82-59-27-21-14-6)113-106(120)98-86-96-97(87-99(98)107(113)121)105(119)111(104(96)118)85-62-48-37-33-43-56-70-95-90(73-71-88(63-49-25-19-12-4)93(95)68-54-41-29-23-17-10-2)65-51-38-30-34-45-58-81-108(8,80-57-44-24-18-11-3)112-102(116)77-78-103(112)117/h75-78,86-95H,9-74,79-85H2,1-8H3. The summed E-state index contributed by atoms with van der Waals surface area (Å²) in [6.45, 7) is 19.0. The van der Waals surface area contributed by atoms with Gasteiger partial charge in [-0.15, -0.1) is 0 Å². The third kappa shape index (κ3) is 34.1. The third-order valence-electron chi connectivity index (χ3n) is 31.1. The van der Waals surface area contributed by atoms with E-state index in [4.69, 9.17) is 0 Å². The molecule has 3 aromatic rings. The van der Waals surface area contributed by atoms with Crippen LogP contribution in [0.4, 0.5) is 0 Å². The molecule has 688 valence electrons. The molecule has 2 saturated carbocycles. The van der Waals surface area contributed by atoms with Crippen LogP contribution in [0.2, 0.25) is 0 Å². The summed E-state index contributed by atoms with van der Waals surface area (Å²) in [6, 6.07) is 3.24. The number of hydrogen-bond donors (Lipinski definition) is 0. The lowest BCUT2D eigenvalue weighted by Gasteiger charge is -2.44. The molecule has 7 rings (SSSR count). The van der Waals surface area contributed by atoms with Crippen molar-refractivity contribution in [3.63, 3.8) is 0 Å². The summed E-state index contributed by atoms with van der Waals surface area (Å²) in [7, 11) is 0. The number of unbranched alkanes of at least 4 members (excludes halogenated alkanes) is 43. The fraction of sp³-hybridized carbons (Fsp3) is 0.835. The Morgan fingerprint density at radius 2 is 0.504 bits per heavy atom. The number of carbonyl (C=O) groups excluding carboxylic acids is 4. The molecule has 121 heavy (non-hydrogen) atoms. The first kappa shape index (κ1) is 103. The predicted molar refractivity (Wildman–Crippen MR) is 514 cm³/mol. The van der Waals surface area contributed by atoms with Crippen molar-refractivity contribution in [2.24, 2.45) is 47.3 Å². The van der Waals surface area contributed by atoms with E-state index in [1.165, 1.54) is 342 Å². The van der Waals surface area contributed by atoms with Gasteiger partial charge in [0.2, 0.25) is 0 Å². The molecule has 0 saturated heterocycles. The Bertz CT molecular complexity index is 3510. The number of hydrogen-bond acceptors (Lipinski definition) is 8. The van der Waals surface area contributed by atoms with Gasteiger partial charge in [0, 0.05) is 42.9 Å². The quantitative estimate of drug-likeness (QED) is 0.0400. The molecular weight excluding hydrogens is 1490 g/mol. The molecule has 12 nitrogen and oxygen atoms in total. The molecule has 10 unspecified atom stereocenters. The van der Waals surface area contributed by atoms with Crippen molar-refractivity contribution >= 4 is 45.2 Å². The van der Waals surface area contributed by atoms with Crippen LogP contribution in [0.1, 0.15) is 511 Å². The van der Waals surface area contributed by atoms with E-state index >= 15 is 9.59 Å². The molecule has 10 atom stereocenters. The number of fused-ring (bicyclic) bond motifs is 2. The van der Waals surface area contributed by atoms with Crippen LogP contribution in [-0.4, -0.2) is 54.6 Å². The number of amides is 4. The van der Waals surface area contributed by atoms with Crippen LogP contribution in [-0.2, 0) is 31.3 Å². The summed E-state index contributed by atoms with van der Waals surface area (Å²) < 4.78 is 3.03. The summed E-state index contributed by atoms with van der Waals surface area (Å²) in [5.41, 5.74) is -2.25. The molecule has 4 amide bonds. The van der Waals surface area contributed by atoms with Crippen molar-refractivity contribution in [2.45, 2.75) is 529 Å². The second-order valence-corrected chi connectivity index (χ2v) is 40.4. The maximum Gasteiger partial charge on any atom is 0.262 e. The molecule has 2 aromatic heterocycles. The zero-order valence-electron chi connectivity index (χ0n) is 79.8. The minimum atomic E-state index is -0.614. The normalized spacial score (nSPS) is 20.6. The number of rotatable bonds is 75. The van der Waals surface area contributed by atoms with Crippen LogP contribution in [0.25, 0.3) is 21.5 Å². The van der Waals surface area contributed by atoms with E-state index in [-0.39, 0.29) is 56.6 Å². The van der Waals surface area contributed by atoms with Gasteiger partial charge in [-0.3, -0.25) is 57.3 Å². The summed E-state index contributed by atoms with van der Waals surface area (Å²) in [4.78, 5) is 112. The zero-order valence-corrected chi connectivity index (χ0v) is 79.8. The Hall–Kier alpha value is -4.74. The second-order valence-electron chi connectivity index (χ2n) is 40.4. The van der Waals surface area contributed by atoms with Crippen LogP contribution in [0.3, 0.4) is 0 Å². The van der Waals surface area contributed by atoms with Gasteiger partial charge in [0.25, 0.3) is 45.9 Å². The van der Waals surface area contributed by atoms with Gasteiger partial charge < -0.3 is 0 Å². The highest BCUT2D eigenvalue weighted by Gasteiger charge is 2.43. The van der Waals surface area contributed by atoms with Crippen LogP contribution in [0.15, 0.2) is 55.6 Å². The van der Waals surface area contributed by atoms with Gasteiger partial charge in [-0.05, 0) is 163 Å². The topological polar surface area (TPSA) is 153 Å². The van der Waals surface area contributed by atoms with Crippen molar-refractivity contribution < 1.29 is 19.2 Å². The Kier molecular flexibility index (Phi) is 51.3. The van der Waals surface area contributed by atoms with Gasteiger partial charge >= 0.3 is 0 Å². The van der Waals surface area contributed by atoms with E-state index in [1.807, 2.05) is 0 Å². The van der Waals surface area contributed by atoms with Crippen molar-refractivity contribution in [1.29, 1.82) is 0 Å². The number of aromatic nitrogens is 2. The zero-order chi connectivity index (χ0) is 86.7. The smallest absolute Gasteiger partial charge is 0.262 e. The second kappa shape index (κ2) is 60.1. The lowest BCUT2D eigenvalue weighted by molar-refractivity contribution is -0.144. The van der Waals surface area contributed by atoms with Gasteiger partial charge in [-0.2, -0.15) is 0 Å². The molecule has 0 radical (unpaired) electrons. The molecule has 2 fully saturated rings. The van der Waals surface area contributed by atoms with E-state index in [0.29, 0.717) is 23.9 Å². The molecule has 4 heterocycles. The van der Waals surface area contributed by atoms with E-state index < -0.39 is 11.1 Å². The summed E-state index contributed by atoms with van der Waals surface area (Å²) in [5.74, 6) is 6.11. The fourth-order valence-corrected chi connectivity index (χ4v) is 24.0. The minimum absolute atomic E-state index is 0.134. The Balaban J connectivity index is 0.921. The number of benzene rings is 1. The molecule has 1 aromatic carbocycles. The first-order chi connectivity index (χ1) is 59.1. The predicted octanol–water partition coefficient (Wildman–Crippen LogP) is 30.0. The van der Waals surface area contributed by atoms with Crippen LogP contribution < -0.4 is 22.2 Å². The largest absolute Gasteiger partial charge is 0.275 e. The molecular formula is C109H184N4O8. The highest BCUT2D eigenvalue weighted by Crippen LogP contribution is 2.50. The van der Waals surface area contributed by atoms with Crippen LogP contribution in [0, 0.1) is 47.3 Å². The van der Waals surface area contributed by atoms with Crippen molar-refractivity contribution in [1.82, 2.24) is 18.9 Å². The first-order valence-electron chi connectivity index (χ1n) is 53.1. The highest BCUT2D eigenvalue weighted by atomic mass is 16.2. The molecule has 0 spiro atoms. The van der Waals surface area contributed by atoms with Crippen molar-refractivity contribution in [2.75, 3.05) is 6.54 Å². The molecule has 2 aliphatic heterocycles. The van der Waals surface area contributed by atoms with Crippen molar-refractivity contribution in [3.05, 3.63) is 77.9 Å². The van der Waals surface area contributed by atoms with Crippen LogP contribution >= 0.6 is 0 Å². The maximum absolute atomic E-state index is 15.1. The SMILES string of the molecule is CCCCCCCCC1C(CCCCCC)CCC(CCCCCCCCC(CCC)(CCCCCC)n2c(=O)c3cc4c(=O)n(CCCCCCCCC5C(CCCCCCCCC(C)(CCCCCCC)N6C(=O)C=CC6=O)CCC(CCCCCC)C5CCCCCCCC)c(=O)c4cc3c2=O)C1CCCCCCCCN1C(=O)C=CC1=O. The monoisotopic (exact) mass is 1680 g/mol. The van der Waals surface area contributed by atoms with Gasteiger partial charge in [-0.1, -0.05) is 408 Å². The number of carbonyl (C=O) groups is 4. The lowest BCUT2D eigenvalue weighted by Crippen LogP contribution is -2.49. The van der Waals surface area contributed by atoms with E-state index in [9.17, 15) is 28.8 Å².